The highest BCUT2D eigenvalue weighted by molar-refractivity contribution is 5.07. The summed E-state index contributed by atoms with van der Waals surface area (Å²) in [5.41, 5.74) is 0. The Balaban J connectivity index is 1.33. The van der Waals surface area contributed by atoms with E-state index in [-0.39, 0.29) is 0 Å². The predicted molar refractivity (Wildman–Crippen MR) is 87.2 cm³/mol. The smallest absolute Gasteiger partial charge is 0.230 e. The Kier molecular flexibility index (Phi) is 4.09. The van der Waals surface area contributed by atoms with Crippen molar-refractivity contribution in [2.45, 2.75) is 51.2 Å². The number of rotatable bonds is 6. The summed E-state index contributed by atoms with van der Waals surface area (Å²) in [4.78, 5) is 4.76. The molecule has 0 aromatic carbocycles. The molecule has 2 aromatic heterocycles. The van der Waals surface area contributed by atoms with Crippen molar-refractivity contribution in [3.63, 3.8) is 0 Å². The number of likely N-dealkylation sites (tertiary alicyclic amines) is 1. The van der Waals surface area contributed by atoms with Gasteiger partial charge >= 0.3 is 0 Å². The van der Waals surface area contributed by atoms with Crippen molar-refractivity contribution in [2.75, 3.05) is 20.1 Å². The lowest BCUT2D eigenvalue weighted by Crippen LogP contribution is -2.34. The second kappa shape index (κ2) is 6.25. The topological polar surface area (TPSA) is 76.1 Å². The molecule has 1 aliphatic carbocycles. The van der Waals surface area contributed by atoms with Gasteiger partial charge in [-0.15, -0.1) is 20.4 Å². The minimum absolute atomic E-state index is 0.523. The number of hydrogen-bond donors (Lipinski definition) is 0. The molecule has 0 unspecified atom stereocenters. The number of likely N-dealkylation sites (N-methyl/N-ethyl adjacent to an activating group) is 1. The summed E-state index contributed by atoms with van der Waals surface area (Å²) < 4.78 is 7.67. The van der Waals surface area contributed by atoms with Crippen LogP contribution in [0.4, 0.5) is 0 Å². The first-order valence-corrected chi connectivity index (χ1v) is 8.70. The summed E-state index contributed by atoms with van der Waals surface area (Å²) in [5, 5.41) is 16.8. The zero-order valence-corrected chi connectivity index (χ0v) is 14.6. The lowest BCUT2D eigenvalue weighted by molar-refractivity contribution is 0.210. The maximum atomic E-state index is 5.48. The molecule has 0 spiro atoms. The molecule has 8 heteroatoms. The fourth-order valence-corrected chi connectivity index (χ4v) is 3.47. The average molecular weight is 331 g/mol. The standard InChI is InChI=1S/C16H25N7O/c1-11-17-19-15(24-11)10-23-7-6-13(8-23)21(2)9-14-18-20-16(22(14)3)12-4-5-12/h12-13H,4-10H2,1-3H3/t13-/m0/s1. The Morgan fingerprint density at radius 3 is 2.71 bits per heavy atom. The number of hydrogen-bond acceptors (Lipinski definition) is 7. The molecule has 3 heterocycles. The van der Waals surface area contributed by atoms with Crippen molar-refractivity contribution < 1.29 is 4.42 Å². The summed E-state index contributed by atoms with van der Waals surface area (Å²) in [5.74, 6) is 4.19. The Labute approximate surface area is 141 Å². The van der Waals surface area contributed by atoms with Crippen molar-refractivity contribution in [1.29, 1.82) is 0 Å². The summed E-state index contributed by atoms with van der Waals surface area (Å²) >= 11 is 0. The normalized spacial score (nSPS) is 21.9. The SMILES string of the molecule is Cc1nnc(CN2CC[C@H](N(C)Cc3nnc(C4CC4)n3C)C2)o1. The van der Waals surface area contributed by atoms with E-state index in [0.29, 0.717) is 23.7 Å². The second-order valence-corrected chi connectivity index (χ2v) is 7.12. The van der Waals surface area contributed by atoms with E-state index >= 15 is 0 Å². The van der Waals surface area contributed by atoms with Gasteiger partial charge in [-0.2, -0.15) is 0 Å². The van der Waals surface area contributed by atoms with Gasteiger partial charge < -0.3 is 8.98 Å². The van der Waals surface area contributed by atoms with Gasteiger partial charge in [-0.05, 0) is 26.3 Å². The Morgan fingerprint density at radius 2 is 2.00 bits per heavy atom. The molecule has 0 N–H and O–H groups in total. The Bertz CT molecular complexity index is 705. The zero-order valence-electron chi connectivity index (χ0n) is 14.6. The van der Waals surface area contributed by atoms with Gasteiger partial charge in [0, 0.05) is 39.0 Å². The largest absolute Gasteiger partial charge is 0.424 e. The molecular weight excluding hydrogens is 306 g/mol. The average Bonchev–Trinajstić information content (AvgIpc) is 2.96. The minimum Gasteiger partial charge on any atom is -0.424 e. The van der Waals surface area contributed by atoms with Crippen LogP contribution in [0.15, 0.2) is 4.42 Å². The van der Waals surface area contributed by atoms with Crippen molar-refractivity contribution in [1.82, 2.24) is 34.8 Å². The molecule has 2 aliphatic rings. The molecule has 0 radical (unpaired) electrons. The maximum absolute atomic E-state index is 5.48. The summed E-state index contributed by atoms with van der Waals surface area (Å²) in [6, 6.07) is 0.523. The van der Waals surface area contributed by atoms with Gasteiger partial charge in [0.2, 0.25) is 11.8 Å². The van der Waals surface area contributed by atoms with Crippen LogP contribution in [0.5, 0.6) is 0 Å². The molecule has 2 aromatic rings. The van der Waals surface area contributed by atoms with E-state index in [4.69, 9.17) is 4.42 Å². The molecule has 1 atom stereocenters. The molecule has 2 fully saturated rings. The van der Waals surface area contributed by atoms with Gasteiger partial charge in [-0.25, -0.2) is 0 Å². The highest BCUT2D eigenvalue weighted by Gasteiger charge is 2.31. The van der Waals surface area contributed by atoms with E-state index in [1.54, 1.807) is 0 Å². The van der Waals surface area contributed by atoms with Crippen LogP contribution in [0.3, 0.4) is 0 Å². The predicted octanol–water partition coefficient (Wildman–Crippen LogP) is 1.09. The van der Waals surface area contributed by atoms with Crippen molar-refractivity contribution in [3.05, 3.63) is 23.4 Å². The molecule has 1 saturated carbocycles. The minimum atomic E-state index is 0.523. The highest BCUT2D eigenvalue weighted by Crippen LogP contribution is 2.38. The van der Waals surface area contributed by atoms with Crippen LogP contribution in [0, 0.1) is 6.92 Å². The first kappa shape index (κ1) is 15.7. The fourth-order valence-electron chi connectivity index (χ4n) is 3.47. The van der Waals surface area contributed by atoms with Gasteiger partial charge in [0.05, 0.1) is 13.1 Å². The van der Waals surface area contributed by atoms with Gasteiger partial charge in [0.15, 0.2) is 0 Å². The van der Waals surface area contributed by atoms with E-state index < -0.39 is 0 Å². The Morgan fingerprint density at radius 1 is 1.17 bits per heavy atom. The number of nitrogens with zero attached hydrogens (tertiary/aromatic N) is 7. The van der Waals surface area contributed by atoms with Crippen molar-refractivity contribution in [2.24, 2.45) is 7.05 Å². The van der Waals surface area contributed by atoms with E-state index in [2.05, 4.69) is 48.9 Å². The lowest BCUT2D eigenvalue weighted by atomic mass is 10.2. The quantitative estimate of drug-likeness (QED) is 0.784. The highest BCUT2D eigenvalue weighted by atomic mass is 16.4. The molecule has 0 bridgehead atoms. The third-order valence-electron chi connectivity index (χ3n) is 5.13. The molecular formula is C16H25N7O. The van der Waals surface area contributed by atoms with E-state index in [1.165, 1.54) is 12.8 Å². The monoisotopic (exact) mass is 331 g/mol. The Hall–Kier alpha value is -1.80. The van der Waals surface area contributed by atoms with Crippen LogP contribution >= 0.6 is 0 Å². The molecule has 1 aliphatic heterocycles. The molecule has 8 nitrogen and oxygen atoms in total. The van der Waals surface area contributed by atoms with E-state index in [0.717, 1.165) is 44.2 Å². The first-order chi connectivity index (χ1) is 11.6. The maximum Gasteiger partial charge on any atom is 0.230 e. The fraction of sp³-hybridized carbons (Fsp3) is 0.750. The number of aromatic nitrogens is 5. The number of aryl methyl sites for hydroxylation is 1. The van der Waals surface area contributed by atoms with Gasteiger partial charge in [-0.3, -0.25) is 9.80 Å². The van der Waals surface area contributed by atoms with Gasteiger partial charge in [0.25, 0.3) is 0 Å². The second-order valence-electron chi connectivity index (χ2n) is 7.12. The van der Waals surface area contributed by atoms with Crippen molar-refractivity contribution >= 4 is 0 Å². The van der Waals surface area contributed by atoms with E-state index in [1.807, 2.05) is 6.92 Å². The van der Waals surface area contributed by atoms with Crippen molar-refractivity contribution in [3.8, 4) is 0 Å². The third kappa shape index (κ3) is 3.21. The van der Waals surface area contributed by atoms with Crippen LogP contribution in [0.2, 0.25) is 0 Å². The molecule has 130 valence electrons. The molecule has 1 saturated heterocycles. The zero-order chi connectivity index (χ0) is 16.7. The van der Waals surface area contributed by atoms with E-state index in [9.17, 15) is 0 Å². The lowest BCUT2D eigenvalue weighted by Gasteiger charge is -2.24. The summed E-state index contributed by atoms with van der Waals surface area (Å²) in [6.07, 6.45) is 3.67. The van der Waals surface area contributed by atoms with Crippen LogP contribution in [0.25, 0.3) is 0 Å². The van der Waals surface area contributed by atoms with Crippen LogP contribution in [-0.4, -0.2) is 60.9 Å². The van der Waals surface area contributed by atoms with Crippen LogP contribution in [0.1, 0.15) is 48.6 Å². The van der Waals surface area contributed by atoms with Gasteiger partial charge in [0.1, 0.15) is 11.6 Å². The summed E-state index contributed by atoms with van der Waals surface area (Å²) in [7, 11) is 4.27. The molecule has 24 heavy (non-hydrogen) atoms. The first-order valence-electron chi connectivity index (χ1n) is 8.70. The summed E-state index contributed by atoms with van der Waals surface area (Å²) in [6.45, 7) is 5.48. The molecule has 0 amide bonds. The third-order valence-corrected chi connectivity index (χ3v) is 5.13. The van der Waals surface area contributed by atoms with Crippen LogP contribution in [-0.2, 0) is 20.1 Å². The van der Waals surface area contributed by atoms with Gasteiger partial charge in [-0.1, -0.05) is 0 Å². The molecule has 4 rings (SSSR count). The van der Waals surface area contributed by atoms with Crippen LogP contribution < -0.4 is 0 Å².